The Morgan fingerprint density at radius 1 is 0.902 bits per heavy atom. The third kappa shape index (κ3) is 6.93. The molecule has 0 spiro atoms. The van der Waals surface area contributed by atoms with Crippen LogP contribution >= 0.6 is 0 Å². The molecule has 214 valence electrons. The maximum Gasteiger partial charge on any atom is 0.321 e. The normalized spacial score (nSPS) is 20.6. The summed E-state index contributed by atoms with van der Waals surface area (Å²) in [5.74, 6) is 7.72. The first-order valence-corrected chi connectivity index (χ1v) is 14.9. The molecule has 2 aliphatic rings. The van der Waals surface area contributed by atoms with Gasteiger partial charge in [-0.25, -0.2) is 4.79 Å². The maximum absolute atomic E-state index is 13.4. The summed E-state index contributed by atoms with van der Waals surface area (Å²) in [5, 5.41) is 3.11. The number of carbonyl (C=O) groups is 1. The van der Waals surface area contributed by atoms with Crippen molar-refractivity contribution in [2.45, 2.75) is 44.7 Å². The molecule has 0 saturated carbocycles. The molecule has 2 fully saturated rings. The van der Waals surface area contributed by atoms with Gasteiger partial charge in [-0.3, -0.25) is 4.90 Å². The number of benzene rings is 3. The van der Waals surface area contributed by atoms with Gasteiger partial charge < -0.3 is 19.9 Å². The van der Waals surface area contributed by atoms with Gasteiger partial charge in [-0.05, 0) is 86.6 Å². The van der Waals surface area contributed by atoms with Crippen molar-refractivity contribution in [3.63, 3.8) is 0 Å². The highest BCUT2D eigenvalue weighted by Crippen LogP contribution is 2.42. The first-order valence-electron chi connectivity index (χ1n) is 14.9. The van der Waals surface area contributed by atoms with E-state index in [1.54, 1.807) is 7.11 Å². The van der Waals surface area contributed by atoms with Crippen LogP contribution in [-0.4, -0.2) is 79.2 Å². The standard InChI is InChI=1S/C35H42N4O2/c1-4-37(5-2)25-32-34(29-17-15-28(16-18-29)14-13-27-11-7-6-8-12-27)33-26-38(23-9-10-24-39(32)33)35(40)36-30-19-21-31(41-3)22-20-30/h6-8,11-12,15-22,32-34H,4-5,9-10,23-26H2,1-3H3,(H,36,40)/t32-,33+,34?/m1/s1. The summed E-state index contributed by atoms with van der Waals surface area (Å²) in [6.45, 7) is 10.2. The van der Waals surface area contributed by atoms with E-state index in [1.165, 1.54) is 5.56 Å². The summed E-state index contributed by atoms with van der Waals surface area (Å²) in [6.07, 6.45) is 2.11. The fraction of sp³-hybridized carbons (Fsp3) is 0.400. The summed E-state index contributed by atoms with van der Waals surface area (Å²) in [7, 11) is 1.65. The second-order valence-electron chi connectivity index (χ2n) is 10.9. The zero-order valence-corrected chi connectivity index (χ0v) is 24.6. The van der Waals surface area contributed by atoms with Gasteiger partial charge in [0.15, 0.2) is 0 Å². The number of hydrogen-bond donors (Lipinski definition) is 1. The van der Waals surface area contributed by atoms with E-state index >= 15 is 0 Å². The van der Waals surface area contributed by atoms with E-state index < -0.39 is 0 Å². The fourth-order valence-corrected chi connectivity index (χ4v) is 6.20. The van der Waals surface area contributed by atoms with Gasteiger partial charge >= 0.3 is 6.03 Å². The van der Waals surface area contributed by atoms with Crippen LogP contribution in [0, 0.1) is 11.8 Å². The minimum absolute atomic E-state index is 0.0329. The quantitative estimate of drug-likeness (QED) is 0.372. The molecule has 3 aromatic rings. The van der Waals surface area contributed by atoms with Crippen LogP contribution in [0.4, 0.5) is 10.5 Å². The van der Waals surface area contributed by atoms with Gasteiger partial charge in [-0.1, -0.05) is 56.0 Å². The second kappa shape index (κ2) is 13.7. The van der Waals surface area contributed by atoms with E-state index in [1.807, 2.05) is 59.5 Å². The minimum Gasteiger partial charge on any atom is -0.497 e. The van der Waals surface area contributed by atoms with Crippen molar-refractivity contribution in [3.05, 3.63) is 95.6 Å². The fourth-order valence-electron chi connectivity index (χ4n) is 6.20. The number of methoxy groups -OCH3 is 1. The molecule has 1 unspecified atom stereocenters. The van der Waals surface area contributed by atoms with Crippen molar-refractivity contribution in [1.82, 2.24) is 14.7 Å². The molecule has 41 heavy (non-hydrogen) atoms. The summed E-state index contributed by atoms with van der Waals surface area (Å²) >= 11 is 0. The van der Waals surface area contributed by atoms with E-state index in [0.717, 1.165) is 74.7 Å². The monoisotopic (exact) mass is 550 g/mol. The van der Waals surface area contributed by atoms with Crippen molar-refractivity contribution in [3.8, 4) is 17.6 Å². The summed E-state index contributed by atoms with van der Waals surface area (Å²) in [4.78, 5) is 20.6. The van der Waals surface area contributed by atoms with Gasteiger partial charge in [0.1, 0.15) is 5.75 Å². The molecule has 2 aliphatic heterocycles. The zero-order valence-electron chi connectivity index (χ0n) is 24.6. The average Bonchev–Trinajstić information content (AvgIpc) is 3.00. The third-order valence-electron chi connectivity index (χ3n) is 8.57. The molecule has 0 bridgehead atoms. The van der Waals surface area contributed by atoms with E-state index in [4.69, 9.17) is 4.74 Å². The Hall–Kier alpha value is -3.79. The molecule has 3 aromatic carbocycles. The van der Waals surface area contributed by atoms with E-state index in [9.17, 15) is 4.79 Å². The number of ether oxygens (including phenoxy) is 1. The molecule has 6 nitrogen and oxygen atoms in total. The molecular formula is C35H42N4O2. The Balaban J connectivity index is 1.35. The lowest BCUT2D eigenvalue weighted by atomic mass is 9.73. The first-order chi connectivity index (χ1) is 20.1. The number of rotatable bonds is 7. The van der Waals surface area contributed by atoms with Crippen LogP contribution in [0.15, 0.2) is 78.9 Å². The van der Waals surface area contributed by atoms with Crippen molar-refractivity contribution in [2.24, 2.45) is 0 Å². The molecule has 3 atom stereocenters. The number of hydrogen-bond acceptors (Lipinski definition) is 4. The Kier molecular flexibility index (Phi) is 9.61. The number of nitrogens with one attached hydrogen (secondary N) is 1. The van der Waals surface area contributed by atoms with Gasteiger partial charge in [0.2, 0.25) is 0 Å². The average molecular weight is 551 g/mol. The summed E-state index contributed by atoms with van der Waals surface area (Å²) in [5.41, 5.74) is 4.16. The van der Waals surface area contributed by atoms with Gasteiger partial charge in [0.25, 0.3) is 0 Å². The first kappa shape index (κ1) is 28.7. The molecule has 2 amide bonds. The predicted octanol–water partition coefficient (Wildman–Crippen LogP) is 5.90. The SMILES string of the molecule is CCN(CC)C[C@@H]1C(c2ccc(C#Cc3ccccc3)cc2)[C@@H]2CN(C(=O)Nc3ccc(OC)cc3)CCCCN12. The molecule has 6 heteroatoms. The van der Waals surface area contributed by atoms with Crippen LogP contribution in [0.3, 0.4) is 0 Å². The van der Waals surface area contributed by atoms with Gasteiger partial charge in [-0.2, -0.15) is 0 Å². The second-order valence-corrected chi connectivity index (χ2v) is 10.9. The van der Waals surface area contributed by atoms with Gasteiger partial charge in [0, 0.05) is 54.5 Å². The lowest BCUT2D eigenvalue weighted by Crippen LogP contribution is -2.69. The molecule has 0 aromatic heterocycles. The number of fused-ring (bicyclic) bond motifs is 1. The Bertz CT molecular complexity index is 1330. The van der Waals surface area contributed by atoms with Crippen molar-refractivity contribution in [1.29, 1.82) is 0 Å². The summed E-state index contributed by atoms with van der Waals surface area (Å²) < 4.78 is 5.26. The highest BCUT2D eigenvalue weighted by Gasteiger charge is 2.50. The molecule has 0 radical (unpaired) electrons. The number of anilines is 1. The Labute approximate surface area is 245 Å². The highest BCUT2D eigenvalue weighted by molar-refractivity contribution is 5.89. The van der Waals surface area contributed by atoms with Crippen molar-refractivity contribution >= 4 is 11.7 Å². The van der Waals surface area contributed by atoms with Crippen LogP contribution in [-0.2, 0) is 0 Å². The van der Waals surface area contributed by atoms with Gasteiger partial charge in [-0.15, -0.1) is 0 Å². The summed E-state index contributed by atoms with van der Waals surface area (Å²) in [6, 6.07) is 27.1. The molecule has 2 heterocycles. The number of amides is 2. The molecule has 2 saturated heterocycles. The minimum atomic E-state index is -0.0329. The molecule has 0 aliphatic carbocycles. The lowest BCUT2D eigenvalue weighted by Gasteiger charge is -2.58. The third-order valence-corrected chi connectivity index (χ3v) is 8.57. The van der Waals surface area contributed by atoms with E-state index in [2.05, 4.69) is 65.1 Å². The largest absolute Gasteiger partial charge is 0.497 e. The van der Waals surface area contributed by atoms with Crippen molar-refractivity contribution in [2.75, 3.05) is 51.7 Å². The van der Waals surface area contributed by atoms with Gasteiger partial charge in [0.05, 0.1) is 7.11 Å². The number of urea groups is 1. The molecule has 5 rings (SSSR count). The highest BCUT2D eigenvalue weighted by atomic mass is 16.5. The van der Waals surface area contributed by atoms with E-state index in [0.29, 0.717) is 18.0 Å². The number of carbonyl (C=O) groups excluding carboxylic acids is 1. The number of likely N-dealkylation sites (N-methyl/N-ethyl adjacent to an activating group) is 1. The lowest BCUT2D eigenvalue weighted by molar-refractivity contribution is -0.0486. The molecule has 1 N–H and O–H groups in total. The zero-order chi connectivity index (χ0) is 28.6. The topological polar surface area (TPSA) is 48.1 Å². The molecular weight excluding hydrogens is 508 g/mol. The van der Waals surface area contributed by atoms with Crippen LogP contribution in [0.2, 0.25) is 0 Å². The van der Waals surface area contributed by atoms with Crippen LogP contribution in [0.5, 0.6) is 5.75 Å². The van der Waals surface area contributed by atoms with Crippen LogP contribution in [0.25, 0.3) is 0 Å². The Morgan fingerprint density at radius 3 is 2.22 bits per heavy atom. The van der Waals surface area contributed by atoms with Crippen LogP contribution < -0.4 is 10.1 Å². The van der Waals surface area contributed by atoms with E-state index in [-0.39, 0.29) is 6.03 Å². The Morgan fingerprint density at radius 2 is 1.56 bits per heavy atom. The van der Waals surface area contributed by atoms with Crippen LogP contribution in [0.1, 0.15) is 49.3 Å². The predicted molar refractivity (Wildman–Crippen MR) is 166 cm³/mol. The smallest absolute Gasteiger partial charge is 0.321 e. The maximum atomic E-state index is 13.4. The number of nitrogens with zero attached hydrogens (tertiary/aromatic N) is 3. The van der Waals surface area contributed by atoms with Crippen molar-refractivity contribution < 1.29 is 9.53 Å².